The maximum atomic E-state index is 5.13. The lowest BCUT2D eigenvalue weighted by Gasteiger charge is -2.21. The molecule has 12 heavy (non-hydrogen) atoms. The molecule has 0 aromatic carbocycles. The summed E-state index contributed by atoms with van der Waals surface area (Å²) in [7, 11) is 0. The van der Waals surface area contributed by atoms with Gasteiger partial charge in [0.15, 0.2) is 0 Å². The summed E-state index contributed by atoms with van der Waals surface area (Å²) in [6.45, 7) is 2.25. The molecular weight excluding hydrogens is 218 g/mol. The van der Waals surface area contributed by atoms with Crippen molar-refractivity contribution in [3.63, 3.8) is 0 Å². The van der Waals surface area contributed by atoms with Crippen LogP contribution in [-0.2, 0) is 0 Å². The molecule has 2 nitrogen and oxygen atoms in total. The van der Waals surface area contributed by atoms with Crippen LogP contribution < -0.4 is 5.32 Å². The molecule has 0 spiro atoms. The van der Waals surface area contributed by atoms with Gasteiger partial charge in [0.1, 0.15) is 6.26 Å². The van der Waals surface area contributed by atoms with Gasteiger partial charge in [-0.2, -0.15) is 0 Å². The number of piperidine rings is 1. The van der Waals surface area contributed by atoms with E-state index in [1.165, 1.54) is 18.4 Å². The van der Waals surface area contributed by atoms with Crippen molar-refractivity contribution in [1.82, 2.24) is 5.32 Å². The van der Waals surface area contributed by atoms with Crippen molar-refractivity contribution in [2.45, 2.75) is 18.8 Å². The van der Waals surface area contributed by atoms with Crippen LogP contribution in [-0.4, -0.2) is 13.1 Å². The van der Waals surface area contributed by atoms with Gasteiger partial charge in [-0.15, -0.1) is 0 Å². The van der Waals surface area contributed by atoms with E-state index in [0.29, 0.717) is 5.92 Å². The second-order valence-electron chi connectivity index (χ2n) is 3.20. The van der Waals surface area contributed by atoms with Crippen molar-refractivity contribution in [2.24, 2.45) is 0 Å². The molecule has 0 bridgehead atoms. The van der Waals surface area contributed by atoms with Gasteiger partial charge in [-0.25, -0.2) is 0 Å². The normalized spacial score (nSPS) is 19.8. The second-order valence-corrected chi connectivity index (χ2v) is 4.05. The molecule has 1 saturated heterocycles. The third-order valence-corrected chi connectivity index (χ3v) is 3.07. The first kappa shape index (κ1) is 8.32. The Bertz CT molecular complexity index is 253. The highest BCUT2D eigenvalue weighted by Crippen LogP contribution is 2.31. The van der Waals surface area contributed by atoms with Crippen LogP contribution in [0.1, 0.15) is 24.3 Å². The molecule has 2 rings (SSSR count). The van der Waals surface area contributed by atoms with Crippen LogP contribution in [0.4, 0.5) is 0 Å². The van der Waals surface area contributed by atoms with E-state index in [9.17, 15) is 0 Å². The average molecular weight is 230 g/mol. The monoisotopic (exact) mass is 229 g/mol. The lowest BCUT2D eigenvalue weighted by atomic mass is 9.92. The van der Waals surface area contributed by atoms with E-state index in [1.54, 1.807) is 6.26 Å². The Morgan fingerprint density at radius 1 is 1.33 bits per heavy atom. The first-order chi connectivity index (χ1) is 5.88. The lowest BCUT2D eigenvalue weighted by Crippen LogP contribution is -2.26. The Morgan fingerprint density at radius 2 is 2.08 bits per heavy atom. The molecule has 1 N–H and O–H groups in total. The number of halogens is 1. The molecule has 3 heteroatoms. The summed E-state index contributed by atoms with van der Waals surface area (Å²) < 4.78 is 6.25. The van der Waals surface area contributed by atoms with Gasteiger partial charge in [-0.3, -0.25) is 0 Å². The number of rotatable bonds is 1. The predicted molar refractivity (Wildman–Crippen MR) is 51.3 cm³/mol. The fraction of sp³-hybridized carbons (Fsp3) is 0.556. The highest BCUT2D eigenvalue weighted by atomic mass is 79.9. The number of furan rings is 1. The minimum Gasteiger partial charge on any atom is -0.471 e. The maximum absolute atomic E-state index is 5.13. The molecule has 1 fully saturated rings. The minimum absolute atomic E-state index is 0.680. The van der Waals surface area contributed by atoms with Gasteiger partial charge in [-0.05, 0) is 47.8 Å². The molecule has 0 aliphatic carbocycles. The van der Waals surface area contributed by atoms with E-state index in [2.05, 4.69) is 21.2 Å². The van der Waals surface area contributed by atoms with Gasteiger partial charge in [0.05, 0.1) is 10.7 Å². The van der Waals surface area contributed by atoms with Crippen LogP contribution in [0.3, 0.4) is 0 Å². The summed E-state index contributed by atoms with van der Waals surface area (Å²) in [6.07, 6.45) is 6.06. The summed E-state index contributed by atoms with van der Waals surface area (Å²) in [5, 5.41) is 3.35. The Hall–Kier alpha value is -0.280. The Morgan fingerprint density at radius 3 is 2.67 bits per heavy atom. The highest BCUT2D eigenvalue weighted by molar-refractivity contribution is 9.10. The van der Waals surface area contributed by atoms with Crippen molar-refractivity contribution >= 4 is 15.9 Å². The number of hydrogen-bond acceptors (Lipinski definition) is 2. The van der Waals surface area contributed by atoms with Crippen LogP contribution in [0.5, 0.6) is 0 Å². The van der Waals surface area contributed by atoms with Crippen LogP contribution >= 0.6 is 15.9 Å². The molecule has 1 aliphatic heterocycles. The molecule has 1 aromatic rings. The molecule has 2 heterocycles. The zero-order chi connectivity index (χ0) is 8.39. The second kappa shape index (κ2) is 3.62. The molecular formula is C9H12BrNO. The first-order valence-corrected chi connectivity index (χ1v) is 5.09. The summed E-state index contributed by atoms with van der Waals surface area (Å²) in [5.74, 6) is 0.680. The van der Waals surface area contributed by atoms with Crippen LogP contribution in [0.2, 0.25) is 0 Å². The molecule has 1 aromatic heterocycles. The average Bonchev–Trinajstić information content (AvgIpc) is 2.53. The summed E-state index contributed by atoms with van der Waals surface area (Å²) in [5.41, 5.74) is 1.33. The van der Waals surface area contributed by atoms with Crippen molar-refractivity contribution < 1.29 is 4.42 Å². The van der Waals surface area contributed by atoms with E-state index >= 15 is 0 Å². The van der Waals surface area contributed by atoms with E-state index in [1.807, 2.05) is 6.26 Å². The Kier molecular flexibility index (Phi) is 2.51. The lowest BCUT2D eigenvalue weighted by molar-refractivity contribution is 0.454. The summed E-state index contributed by atoms with van der Waals surface area (Å²) >= 11 is 3.49. The van der Waals surface area contributed by atoms with Crippen LogP contribution in [0.15, 0.2) is 21.4 Å². The number of hydrogen-bond donors (Lipinski definition) is 1. The van der Waals surface area contributed by atoms with Gasteiger partial charge in [0, 0.05) is 5.56 Å². The van der Waals surface area contributed by atoms with Crippen molar-refractivity contribution in [2.75, 3.05) is 13.1 Å². The fourth-order valence-corrected chi connectivity index (χ4v) is 2.24. The standard InChI is InChI=1S/C9H12BrNO/c10-9-6-12-5-8(9)7-1-3-11-4-2-7/h5-7,11H,1-4H2. The van der Waals surface area contributed by atoms with Gasteiger partial charge in [0.2, 0.25) is 0 Å². The summed E-state index contributed by atoms with van der Waals surface area (Å²) in [6, 6.07) is 0. The number of nitrogens with one attached hydrogen (secondary N) is 1. The highest BCUT2D eigenvalue weighted by Gasteiger charge is 2.18. The van der Waals surface area contributed by atoms with Gasteiger partial charge in [-0.1, -0.05) is 0 Å². The van der Waals surface area contributed by atoms with Crippen molar-refractivity contribution in [3.8, 4) is 0 Å². The zero-order valence-corrected chi connectivity index (χ0v) is 8.43. The van der Waals surface area contributed by atoms with E-state index in [-0.39, 0.29) is 0 Å². The van der Waals surface area contributed by atoms with E-state index < -0.39 is 0 Å². The SMILES string of the molecule is Brc1cocc1C1CCNCC1. The van der Waals surface area contributed by atoms with Crippen LogP contribution in [0.25, 0.3) is 0 Å². The van der Waals surface area contributed by atoms with Crippen molar-refractivity contribution in [1.29, 1.82) is 0 Å². The topological polar surface area (TPSA) is 25.2 Å². The third kappa shape index (κ3) is 1.57. The molecule has 0 unspecified atom stereocenters. The van der Waals surface area contributed by atoms with Crippen molar-refractivity contribution in [3.05, 3.63) is 22.6 Å². The Balaban J connectivity index is 2.13. The molecule has 0 atom stereocenters. The van der Waals surface area contributed by atoms with E-state index in [0.717, 1.165) is 17.6 Å². The van der Waals surface area contributed by atoms with Gasteiger partial charge in [0.25, 0.3) is 0 Å². The molecule has 0 saturated carbocycles. The predicted octanol–water partition coefficient (Wildman–Crippen LogP) is 2.51. The molecule has 0 radical (unpaired) electrons. The zero-order valence-electron chi connectivity index (χ0n) is 6.85. The largest absolute Gasteiger partial charge is 0.471 e. The van der Waals surface area contributed by atoms with E-state index in [4.69, 9.17) is 4.42 Å². The summed E-state index contributed by atoms with van der Waals surface area (Å²) in [4.78, 5) is 0. The Labute approximate surface area is 80.5 Å². The van der Waals surface area contributed by atoms with Crippen LogP contribution in [0, 0.1) is 0 Å². The quantitative estimate of drug-likeness (QED) is 0.801. The minimum atomic E-state index is 0.680. The third-order valence-electron chi connectivity index (χ3n) is 2.42. The molecule has 1 aliphatic rings. The molecule has 0 amide bonds. The van der Waals surface area contributed by atoms with Gasteiger partial charge < -0.3 is 9.73 Å². The van der Waals surface area contributed by atoms with Gasteiger partial charge >= 0.3 is 0 Å². The smallest absolute Gasteiger partial charge is 0.105 e. The molecule has 66 valence electrons. The fourth-order valence-electron chi connectivity index (χ4n) is 1.72. The maximum Gasteiger partial charge on any atom is 0.105 e. The first-order valence-electron chi connectivity index (χ1n) is 4.30.